The minimum atomic E-state index is 0.254. The maximum Gasteiger partial charge on any atom is 0.0546 e. The molecule has 1 fully saturated rings. The van der Waals surface area contributed by atoms with Crippen LogP contribution in [0.1, 0.15) is 18.4 Å². The highest BCUT2D eigenvalue weighted by atomic mass is 16.5. The zero-order valence-corrected chi connectivity index (χ0v) is 12.4. The van der Waals surface area contributed by atoms with Crippen LogP contribution in [0.4, 0.5) is 0 Å². The van der Waals surface area contributed by atoms with E-state index in [9.17, 15) is 0 Å². The van der Waals surface area contributed by atoms with Gasteiger partial charge in [0.1, 0.15) is 0 Å². The molecule has 1 N–H and O–H groups in total. The monoisotopic (exact) mass is 266 g/mol. The SMILES string of the molecule is CNCC1(CN(C)Cc2cnn(C)c2)CCCOC1. The van der Waals surface area contributed by atoms with Gasteiger partial charge in [-0.25, -0.2) is 0 Å². The number of hydrogen-bond donors (Lipinski definition) is 1. The van der Waals surface area contributed by atoms with Crippen molar-refractivity contribution >= 4 is 0 Å². The van der Waals surface area contributed by atoms with Crippen LogP contribution in [-0.4, -0.2) is 55.1 Å². The van der Waals surface area contributed by atoms with E-state index in [-0.39, 0.29) is 5.41 Å². The topological polar surface area (TPSA) is 42.3 Å². The lowest BCUT2D eigenvalue weighted by Crippen LogP contribution is -2.47. The van der Waals surface area contributed by atoms with Gasteiger partial charge in [0.25, 0.3) is 0 Å². The molecule has 1 saturated heterocycles. The van der Waals surface area contributed by atoms with E-state index >= 15 is 0 Å². The number of aromatic nitrogens is 2. The Morgan fingerprint density at radius 2 is 2.42 bits per heavy atom. The Balaban J connectivity index is 1.92. The number of ether oxygens (including phenoxy) is 1. The predicted octanol–water partition coefficient (Wildman–Crippen LogP) is 0.868. The first kappa shape index (κ1) is 14.5. The van der Waals surface area contributed by atoms with Crippen molar-refractivity contribution in [2.75, 3.05) is 40.4 Å². The quantitative estimate of drug-likeness (QED) is 0.829. The van der Waals surface area contributed by atoms with Crippen LogP contribution >= 0.6 is 0 Å². The molecule has 0 aliphatic carbocycles. The minimum Gasteiger partial charge on any atom is -0.381 e. The molecule has 0 bridgehead atoms. The Bertz CT molecular complexity index is 379. The number of nitrogens with zero attached hydrogens (tertiary/aromatic N) is 3. The van der Waals surface area contributed by atoms with E-state index in [2.05, 4.69) is 28.6 Å². The summed E-state index contributed by atoms with van der Waals surface area (Å²) in [5.41, 5.74) is 1.52. The van der Waals surface area contributed by atoms with Gasteiger partial charge in [-0.1, -0.05) is 0 Å². The van der Waals surface area contributed by atoms with Crippen LogP contribution in [0.3, 0.4) is 0 Å². The molecule has 1 aromatic rings. The highest BCUT2D eigenvalue weighted by Crippen LogP contribution is 2.29. The number of nitrogens with one attached hydrogen (secondary N) is 1. The molecule has 1 atom stereocenters. The summed E-state index contributed by atoms with van der Waals surface area (Å²) in [5.74, 6) is 0. The van der Waals surface area contributed by atoms with E-state index in [1.807, 2.05) is 25.0 Å². The fourth-order valence-electron chi connectivity index (χ4n) is 3.10. The van der Waals surface area contributed by atoms with Gasteiger partial charge in [-0.3, -0.25) is 4.68 Å². The minimum absolute atomic E-state index is 0.254. The molecular formula is C14H26N4O. The Morgan fingerprint density at radius 3 is 3.00 bits per heavy atom. The molecule has 2 rings (SSSR count). The van der Waals surface area contributed by atoms with Crippen LogP contribution in [0.2, 0.25) is 0 Å². The highest BCUT2D eigenvalue weighted by Gasteiger charge is 2.33. The van der Waals surface area contributed by atoms with Crippen molar-refractivity contribution in [3.05, 3.63) is 18.0 Å². The van der Waals surface area contributed by atoms with E-state index in [4.69, 9.17) is 4.74 Å². The maximum absolute atomic E-state index is 5.71. The van der Waals surface area contributed by atoms with Gasteiger partial charge < -0.3 is 15.0 Å². The Labute approximate surface area is 115 Å². The zero-order valence-electron chi connectivity index (χ0n) is 12.4. The molecule has 1 aliphatic rings. The zero-order chi connectivity index (χ0) is 13.7. The summed E-state index contributed by atoms with van der Waals surface area (Å²) >= 11 is 0. The van der Waals surface area contributed by atoms with Crippen LogP contribution in [0.5, 0.6) is 0 Å². The van der Waals surface area contributed by atoms with Crippen LogP contribution in [0, 0.1) is 5.41 Å². The van der Waals surface area contributed by atoms with Crippen molar-refractivity contribution in [1.82, 2.24) is 20.0 Å². The van der Waals surface area contributed by atoms with Gasteiger partial charge >= 0.3 is 0 Å². The van der Waals surface area contributed by atoms with Gasteiger partial charge in [0.2, 0.25) is 0 Å². The fourth-order valence-corrected chi connectivity index (χ4v) is 3.10. The van der Waals surface area contributed by atoms with E-state index in [1.165, 1.54) is 18.4 Å². The standard InChI is InChI=1S/C14H26N4O/c1-15-10-14(5-4-6-19-12-14)11-17(2)8-13-7-16-18(3)9-13/h7,9,15H,4-6,8,10-12H2,1-3H3. The van der Waals surface area contributed by atoms with E-state index in [0.29, 0.717) is 0 Å². The first-order chi connectivity index (χ1) is 9.13. The third kappa shape index (κ3) is 4.03. The fraction of sp³-hybridized carbons (Fsp3) is 0.786. The predicted molar refractivity (Wildman–Crippen MR) is 76.0 cm³/mol. The Hall–Kier alpha value is -0.910. The average molecular weight is 266 g/mol. The molecule has 5 heteroatoms. The van der Waals surface area contributed by atoms with Crippen molar-refractivity contribution in [1.29, 1.82) is 0 Å². The second-order valence-electron chi connectivity index (χ2n) is 5.88. The highest BCUT2D eigenvalue weighted by molar-refractivity contribution is 5.03. The lowest BCUT2D eigenvalue weighted by atomic mass is 9.82. The normalized spacial score (nSPS) is 24.0. The maximum atomic E-state index is 5.71. The molecule has 0 radical (unpaired) electrons. The number of aryl methyl sites for hydroxylation is 1. The van der Waals surface area contributed by atoms with Crippen molar-refractivity contribution in [2.24, 2.45) is 12.5 Å². The molecule has 0 spiro atoms. The molecule has 19 heavy (non-hydrogen) atoms. The lowest BCUT2D eigenvalue weighted by molar-refractivity contribution is -0.0228. The molecule has 0 saturated carbocycles. The third-order valence-corrected chi connectivity index (χ3v) is 3.77. The van der Waals surface area contributed by atoms with Gasteiger partial charge in [0, 0.05) is 50.5 Å². The second kappa shape index (κ2) is 6.50. The molecule has 0 amide bonds. The van der Waals surface area contributed by atoms with Crippen molar-refractivity contribution < 1.29 is 4.74 Å². The number of rotatable bonds is 6. The first-order valence-corrected chi connectivity index (χ1v) is 7.02. The van der Waals surface area contributed by atoms with E-state index in [1.54, 1.807) is 0 Å². The van der Waals surface area contributed by atoms with Gasteiger partial charge in [-0.15, -0.1) is 0 Å². The molecule has 1 aliphatic heterocycles. The Kier molecular flexibility index (Phi) is 4.96. The van der Waals surface area contributed by atoms with Gasteiger partial charge in [0.15, 0.2) is 0 Å². The van der Waals surface area contributed by atoms with E-state index in [0.717, 1.165) is 32.8 Å². The lowest BCUT2D eigenvalue weighted by Gasteiger charge is -2.39. The summed E-state index contributed by atoms with van der Waals surface area (Å²) in [6.45, 7) is 4.80. The van der Waals surface area contributed by atoms with Crippen LogP contribution in [0.15, 0.2) is 12.4 Å². The third-order valence-electron chi connectivity index (χ3n) is 3.77. The van der Waals surface area contributed by atoms with Crippen molar-refractivity contribution in [2.45, 2.75) is 19.4 Å². The van der Waals surface area contributed by atoms with Crippen LogP contribution < -0.4 is 5.32 Å². The van der Waals surface area contributed by atoms with E-state index < -0.39 is 0 Å². The summed E-state index contributed by atoms with van der Waals surface area (Å²) < 4.78 is 7.57. The summed E-state index contributed by atoms with van der Waals surface area (Å²) in [5, 5.41) is 7.55. The average Bonchev–Trinajstić information content (AvgIpc) is 2.75. The first-order valence-electron chi connectivity index (χ1n) is 7.02. The van der Waals surface area contributed by atoms with Gasteiger partial charge in [0.05, 0.1) is 12.8 Å². The van der Waals surface area contributed by atoms with Crippen LogP contribution in [-0.2, 0) is 18.3 Å². The summed E-state index contributed by atoms with van der Waals surface area (Å²) in [6, 6.07) is 0. The molecule has 5 nitrogen and oxygen atoms in total. The van der Waals surface area contributed by atoms with Gasteiger partial charge in [-0.05, 0) is 26.9 Å². The van der Waals surface area contributed by atoms with Gasteiger partial charge in [-0.2, -0.15) is 5.10 Å². The molecule has 1 unspecified atom stereocenters. The van der Waals surface area contributed by atoms with Crippen molar-refractivity contribution in [3.8, 4) is 0 Å². The summed E-state index contributed by atoms with van der Waals surface area (Å²) in [6.07, 6.45) is 6.44. The molecule has 108 valence electrons. The van der Waals surface area contributed by atoms with Crippen molar-refractivity contribution in [3.63, 3.8) is 0 Å². The largest absolute Gasteiger partial charge is 0.381 e. The second-order valence-corrected chi connectivity index (χ2v) is 5.88. The van der Waals surface area contributed by atoms with Crippen LogP contribution in [0.25, 0.3) is 0 Å². The summed E-state index contributed by atoms with van der Waals surface area (Å²) in [7, 11) is 6.16. The summed E-state index contributed by atoms with van der Waals surface area (Å²) in [4.78, 5) is 2.38. The molecule has 1 aromatic heterocycles. The smallest absolute Gasteiger partial charge is 0.0546 e. The molecule has 2 heterocycles. The molecule has 0 aromatic carbocycles. The Morgan fingerprint density at radius 1 is 1.58 bits per heavy atom. The molecular weight excluding hydrogens is 240 g/mol. The number of hydrogen-bond acceptors (Lipinski definition) is 4.